The van der Waals surface area contributed by atoms with Crippen molar-refractivity contribution in [3.8, 4) is 0 Å². The zero-order valence-electron chi connectivity index (χ0n) is 12.4. The summed E-state index contributed by atoms with van der Waals surface area (Å²) >= 11 is 19.8. The maximum absolute atomic E-state index is 11.5. The Morgan fingerprint density at radius 2 is 1.75 bits per heavy atom. The van der Waals surface area contributed by atoms with Gasteiger partial charge in [-0.15, -0.1) is 0 Å². The van der Waals surface area contributed by atoms with Crippen LogP contribution in [0.4, 0.5) is 0 Å². The Kier molecular flexibility index (Phi) is 7.46. The molecule has 0 aliphatic rings. The molecule has 0 aromatic heterocycles. The molecule has 0 heterocycles. The highest BCUT2D eigenvalue weighted by Crippen LogP contribution is 2.38. The molecule has 0 saturated carbocycles. The van der Waals surface area contributed by atoms with E-state index < -0.39 is 0 Å². The fourth-order valence-corrected chi connectivity index (χ4v) is 3.44. The molecule has 2 aromatic rings. The third-order valence-corrected chi connectivity index (χ3v) is 5.14. The normalized spacial score (nSPS) is 11.0. The van der Waals surface area contributed by atoms with Gasteiger partial charge >= 0.3 is 0 Å². The van der Waals surface area contributed by atoms with Crippen LogP contribution in [0.5, 0.6) is 0 Å². The van der Waals surface area contributed by atoms with Crippen LogP contribution in [0.1, 0.15) is 5.56 Å². The summed E-state index contributed by atoms with van der Waals surface area (Å²) in [5.41, 5.74) is 0.797. The van der Waals surface area contributed by atoms with Crippen LogP contribution in [0.3, 0.4) is 0 Å². The van der Waals surface area contributed by atoms with Gasteiger partial charge in [-0.05, 0) is 42.0 Å². The number of aliphatic hydroxyl groups excluding tert-OH is 1. The van der Waals surface area contributed by atoms with E-state index >= 15 is 0 Å². The number of amides is 1. The molecule has 0 bridgehead atoms. The summed E-state index contributed by atoms with van der Waals surface area (Å²) < 4.78 is 0. The first kappa shape index (κ1) is 19.2. The van der Waals surface area contributed by atoms with Gasteiger partial charge in [-0.2, -0.15) is 0 Å². The van der Waals surface area contributed by atoms with Crippen molar-refractivity contribution in [2.75, 3.05) is 13.2 Å². The molecule has 0 spiro atoms. The van der Waals surface area contributed by atoms with Gasteiger partial charge < -0.3 is 10.4 Å². The van der Waals surface area contributed by atoms with E-state index in [0.29, 0.717) is 15.1 Å². The van der Waals surface area contributed by atoms with Crippen LogP contribution < -0.4 is 5.32 Å². The molecule has 24 heavy (non-hydrogen) atoms. The Balaban J connectivity index is 2.09. The van der Waals surface area contributed by atoms with E-state index in [4.69, 9.17) is 39.9 Å². The first-order valence-electron chi connectivity index (χ1n) is 6.99. The van der Waals surface area contributed by atoms with Crippen LogP contribution in [0.2, 0.25) is 15.1 Å². The van der Waals surface area contributed by atoms with Crippen LogP contribution in [0.15, 0.2) is 52.3 Å². The first-order chi connectivity index (χ1) is 11.5. The first-order valence-corrected chi connectivity index (χ1v) is 8.94. The van der Waals surface area contributed by atoms with E-state index in [-0.39, 0.29) is 19.1 Å². The van der Waals surface area contributed by atoms with Gasteiger partial charge in [0.25, 0.3) is 0 Å². The van der Waals surface area contributed by atoms with Crippen molar-refractivity contribution in [2.45, 2.75) is 9.79 Å². The molecular weight excluding hydrogens is 389 g/mol. The lowest BCUT2D eigenvalue weighted by atomic mass is 10.2. The molecule has 2 aromatic carbocycles. The minimum absolute atomic E-state index is 0.0927. The summed E-state index contributed by atoms with van der Waals surface area (Å²) in [4.78, 5) is 13.2. The molecule has 0 fully saturated rings. The van der Waals surface area contributed by atoms with E-state index in [2.05, 4.69) is 5.32 Å². The fourth-order valence-electron chi connectivity index (χ4n) is 1.79. The van der Waals surface area contributed by atoms with E-state index in [1.807, 2.05) is 18.2 Å². The second-order valence-corrected chi connectivity index (χ2v) is 7.05. The fraction of sp³-hybridized carbons (Fsp3) is 0.118. The van der Waals surface area contributed by atoms with E-state index in [1.165, 1.54) is 17.8 Å². The third kappa shape index (κ3) is 5.72. The number of benzene rings is 2. The second kappa shape index (κ2) is 9.35. The molecule has 0 radical (unpaired) electrons. The van der Waals surface area contributed by atoms with Crippen LogP contribution in [0.25, 0.3) is 6.08 Å². The van der Waals surface area contributed by atoms with Crippen molar-refractivity contribution in [1.29, 1.82) is 0 Å². The van der Waals surface area contributed by atoms with Crippen molar-refractivity contribution in [3.05, 3.63) is 63.1 Å². The Morgan fingerprint density at radius 1 is 1.08 bits per heavy atom. The average Bonchev–Trinajstić information content (AvgIpc) is 2.55. The van der Waals surface area contributed by atoms with Crippen LogP contribution in [0, 0.1) is 0 Å². The molecule has 0 aliphatic carbocycles. The van der Waals surface area contributed by atoms with Crippen LogP contribution in [-0.2, 0) is 4.79 Å². The number of halogens is 3. The molecule has 2 N–H and O–H groups in total. The molecule has 3 nitrogen and oxygen atoms in total. The van der Waals surface area contributed by atoms with Gasteiger partial charge in [-0.3, -0.25) is 4.79 Å². The summed E-state index contributed by atoms with van der Waals surface area (Å²) in [6, 6.07) is 10.8. The van der Waals surface area contributed by atoms with Gasteiger partial charge in [0.2, 0.25) is 5.91 Å². The Hall–Kier alpha value is -1.17. The standard InChI is InChI=1S/C17H14Cl3NO2S/c18-12-3-5-16(14(20)10-12)24-15-4-1-11(9-13(15)19)2-6-17(23)21-7-8-22/h1-6,9-10,22H,7-8H2,(H,21,23). The minimum atomic E-state index is -0.272. The number of carbonyl (C=O) groups is 1. The van der Waals surface area contributed by atoms with Crippen molar-refractivity contribution >= 4 is 58.5 Å². The summed E-state index contributed by atoms with van der Waals surface area (Å²) in [7, 11) is 0. The maximum Gasteiger partial charge on any atom is 0.244 e. The van der Waals surface area contributed by atoms with Gasteiger partial charge in [-0.25, -0.2) is 0 Å². The number of hydrogen-bond donors (Lipinski definition) is 2. The minimum Gasteiger partial charge on any atom is -0.395 e. The highest BCUT2D eigenvalue weighted by Gasteiger charge is 2.07. The van der Waals surface area contributed by atoms with Crippen molar-refractivity contribution in [1.82, 2.24) is 5.32 Å². The maximum atomic E-state index is 11.5. The lowest BCUT2D eigenvalue weighted by molar-refractivity contribution is -0.116. The number of carbonyl (C=O) groups excluding carboxylic acids is 1. The highest BCUT2D eigenvalue weighted by atomic mass is 35.5. The zero-order valence-corrected chi connectivity index (χ0v) is 15.5. The van der Waals surface area contributed by atoms with Crippen molar-refractivity contribution in [3.63, 3.8) is 0 Å². The lowest BCUT2D eigenvalue weighted by Crippen LogP contribution is -2.24. The topological polar surface area (TPSA) is 49.3 Å². The van der Waals surface area contributed by atoms with Gasteiger partial charge in [-0.1, -0.05) is 52.6 Å². The highest BCUT2D eigenvalue weighted by molar-refractivity contribution is 7.99. The van der Waals surface area contributed by atoms with Gasteiger partial charge in [0.05, 0.1) is 16.7 Å². The quantitative estimate of drug-likeness (QED) is 0.674. The van der Waals surface area contributed by atoms with Crippen molar-refractivity contribution < 1.29 is 9.90 Å². The van der Waals surface area contributed by atoms with Crippen LogP contribution >= 0.6 is 46.6 Å². The SMILES string of the molecule is O=C(C=Cc1ccc(Sc2ccc(Cl)cc2Cl)c(Cl)c1)NCCO. The molecule has 0 atom stereocenters. The molecule has 0 aliphatic heterocycles. The second-order valence-electron chi connectivity index (χ2n) is 4.71. The molecule has 126 valence electrons. The molecule has 0 unspecified atom stereocenters. The van der Waals surface area contributed by atoms with Gasteiger partial charge in [0, 0.05) is 27.4 Å². The lowest BCUT2D eigenvalue weighted by Gasteiger charge is -2.07. The van der Waals surface area contributed by atoms with Gasteiger partial charge in [0.15, 0.2) is 0 Å². The molecule has 1 amide bonds. The Bertz CT molecular complexity index is 765. The summed E-state index contributed by atoms with van der Waals surface area (Å²) in [6.07, 6.45) is 3.05. The van der Waals surface area contributed by atoms with E-state index in [1.54, 1.807) is 24.3 Å². The summed E-state index contributed by atoms with van der Waals surface area (Å²) in [5, 5.41) is 12.9. The number of aliphatic hydroxyl groups is 1. The average molecular weight is 403 g/mol. The van der Waals surface area contributed by atoms with Gasteiger partial charge in [0.1, 0.15) is 0 Å². The smallest absolute Gasteiger partial charge is 0.244 e. The largest absolute Gasteiger partial charge is 0.395 e. The predicted molar refractivity (Wildman–Crippen MR) is 101 cm³/mol. The summed E-state index contributed by atoms with van der Waals surface area (Å²) in [6.45, 7) is 0.131. The number of nitrogens with one attached hydrogen (secondary N) is 1. The number of rotatable bonds is 6. The Morgan fingerprint density at radius 3 is 2.38 bits per heavy atom. The zero-order chi connectivity index (χ0) is 17.5. The molecule has 0 saturated heterocycles. The van der Waals surface area contributed by atoms with Crippen LogP contribution in [-0.4, -0.2) is 24.2 Å². The number of hydrogen-bond acceptors (Lipinski definition) is 3. The molecule has 7 heteroatoms. The predicted octanol–water partition coefficient (Wildman–Crippen LogP) is 4.92. The van der Waals surface area contributed by atoms with Crippen molar-refractivity contribution in [2.24, 2.45) is 0 Å². The van der Waals surface area contributed by atoms with E-state index in [9.17, 15) is 4.79 Å². The van der Waals surface area contributed by atoms with E-state index in [0.717, 1.165) is 15.4 Å². The summed E-state index contributed by atoms with van der Waals surface area (Å²) in [5.74, 6) is -0.272. The Labute approximate surface area is 159 Å². The molecular formula is C17H14Cl3NO2S. The monoisotopic (exact) mass is 401 g/mol. The third-order valence-electron chi connectivity index (χ3n) is 2.91. The molecule has 2 rings (SSSR count).